The summed E-state index contributed by atoms with van der Waals surface area (Å²) < 4.78 is 1.19. The Morgan fingerprint density at radius 2 is 2.60 bits per heavy atom. The molecule has 0 saturated carbocycles. The Balaban J connectivity index is 2.85. The van der Waals surface area contributed by atoms with Gasteiger partial charge in [-0.2, -0.15) is 5.21 Å². The molecule has 6 nitrogen and oxygen atoms in total. The van der Waals surface area contributed by atoms with Gasteiger partial charge in [0.25, 0.3) is 0 Å². The summed E-state index contributed by atoms with van der Waals surface area (Å²) in [6, 6.07) is 0. The van der Waals surface area contributed by atoms with E-state index in [2.05, 4.69) is 27.7 Å². The molecule has 10 heavy (non-hydrogen) atoms. The SMILES string of the molecule is O=C([O-])Cn1[nH]nnc1=S. The lowest BCUT2D eigenvalue weighted by atomic mass is 10.7. The van der Waals surface area contributed by atoms with Gasteiger partial charge in [-0.3, -0.25) is 0 Å². The van der Waals surface area contributed by atoms with E-state index in [-0.39, 0.29) is 11.3 Å². The summed E-state index contributed by atoms with van der Waals surface area (Å²) >= 11 is 4.57. The number of H-pyrrole nitrogens is 1. The zero-order chi connectivity index (χ0) is 7.56. The number of carboxylic acids is 1. The molecule has 0 bridgehead atoms. The third kappa shape index (κ3) is 1.38. The van der Waals surface area contributed by atoms with E-state index in [4.69, 9.17) is 0 Å². The number of tetrazole rings is 1. The molecule has 1 rings (SSSR count). The number of hydrogen-bond acceptors (Lipinski definition) is 5. The van der Waals surface area contributed by atoms with E-state index in [1.807, 2.05) is 0 Å². The van der Waals surface area contributed by atoms with Crippen molar-refractivity contribution >= 4 is 18.2 Å². The van der Waals surface area contributed by atoms with Crippen LogP contribution in [0.3, 0.4) is 0 Å². The number of nitrogens with zero attached hydrogens (tertiary/aromatic N) is 3. The van der Waals surface area contributed by atoms with Crippen molar-refractivity contribution < 1.29 is 9.90 Å². The highest BCUT2D eigenvalue weighted by Crippen LogP contribution is 1.80. The van der Waals surface area contributed by atoms with Gasteiger partial charge in [0, 0.05) is 0 Å². The number of aromatic nitrogens is 4. The van der Waals surface area contributed by atoms with Gasteiger partial charge >= 0.3 is 0 Å². The molecule has 54 valence electrons. The first kappa shape index (κ1) is 6.87. The van der Waals surface area contributed by atoms with E-state index in [9.17, 15) is 9.90 Å². The summed E-state index contributed by atoms with van der Waals surface area (Å²) in [7, 11) is 0. The third-order valence-corrected chi connectivity index (χ3v) is 1.12. The van der Waals surface area contributed by atoms with Crippen LogP contribution in [0, 0.1) is 4.77 Å². The number of nitrogens with one attached hydrogen (secondary N) is 1. The molecule has 0 amide bonds. The number of carboxylic acid groups (broad SMARTS) is 1. The van der Waals surface area contributed by atoms with Crippen molar-refractivity contribution in [1.29, 1.82) is 0 Å². The van der Waals surface area contributed by atoms with Crippen molar-refractivity contribution in [3.63, 3.8) is 0 Å². The van der Waals surface area contributed by atoms with Crippen molar-refractivity contribution in [2.24, 2.45) is 0 Å². The predicted octanol–water partition coefficient (Wildman–Crippen LogP) is -1.91. The molecule has 0 aliphatic carbocycles. The van der Waals surface area contributed by atoms with Crippen molar-refractivity contribution in [1.82, 2.24) is 20.2 Å². The fourth-order valence-electron chi connectivity index (χ4n) is 0.448. The summed E-state index contributed by atoms with van der Waals surface area (Å²) in [6.07, 6.45) is 0. The van der Waals surface area contributed by atoms with Crippen LogP contribution in [-0.4, -0.2) is 26.2 Å². The average molecular weight is 159 g/mol. The van der Waals surface area contributed by atoms with E-state index in [0.29, 0.717) is 0 Å². The summed E-state index contributed by atoms with van der Waals surface area (Å²) in [4.78, 5) is 9.97. The minimum atomic E-state index is -1.23. The number of carbonyl (C=O) groups excluding carboxylic acids is 1. The summed E-state index contributed by atoms with van der Waals surface area (Å²) in [6.45, 7) is -0.341. The normalized spacial score (nSPS) is 9.60. The van der Waals surface area contributed by atoms with Gasteiger partial charge in [0.1, 0.15) is 0 Å². The molecule has 1 N–H and O–H groups in total. The predicted molar refractivity (Wildman–Crippen MR) is 30.2 cm³/mol. The first-order valence-corrected chi connectivity index (χ1v) is 2.78. The maximum absolute atomic E-state index is 9.97. The Bertz CT molecular complexity index is 289. The molecule has 0 radical (unpaired) electrons. The van der Waals surface area contributed by atoms with E-state index in [0.717, 1.165) is 4.68 Å². The Morgan fingerprint density at radius 3 is 3.00 bits per heavy atom. The molecule has 1 heterocycles. The van der Waals surface area contributed by atoms with Gasteiger partial charge in [0.2, 0.25) is 4.77 Å². The van der Waals surface area contributed by atoms with E-state index in [1.54, 1.807) is 0 Å². The summed E-state index contributed by atoms with van der Waals surface area (Å²) in [5, 5.41) is 18.9. The van der Waals surface area contributed by atoms with E-state index in [1.165, 1.54) is 0 Å². The summed E-state index contributed by atoms with van der Waals surface area (Å²) in [5.74, 6) is -1.23. The number of hydrogen-bond donors (Lipinski definition) is 1. The highest BCUT2D eigenvalue weighted by molar-refractivity contribution is 7.71. The minimum absolute atomic E-state index is 0.101. The monoisotopic (exact) mass is 159 g/mol. The van der Waals surface area contributed by atoms with Gasteiger partial charge in [-0.1, -0.05) is 10.3 Å². The highest BCUT2D eigenvalue weighted by atomic mass is 32.1. The van der Waals surface area contributed by atoms with Gasteiger partial charge in [-0.05, 0) is 12.2 Å². The largest absolute Gasteiger partial charge is 0.548 e. The second-order valence-corrected chi connectivity index (χ2v) is 1.91. The Kier molecular flexibility index (Phi) is 1.76. The van der Waals surface area contributed by atoms with Crippen LogP contribution in [0.15, 0.2) is 0 Å². The Hall–Kier alpha value is -1.24. The lowest BCUT2D eigenvalue weighted by Crippen LogP contribution is -2.28. The van der Waals surface area contributed by atoms with Gasteiger partial charge in [0.05, 0.1) is 12.5 Å². The standard InChI is InChI=1S/C3H4N4O2S/c8-2(9)1-7-3(10)4-5-6-7/h1H2,(H,8,9)(H,4,6,10)/p-1. The second kappa shape index (κ2) is 2.56. The number of rotatable bonds is 2. The molecular weight excluding hydrogens is 156 g/mol. The Labute approximate surface area is 60.5 Å². The van der Waals surface area contributed by atoms with E-state index >= 15 is 0 Å². The zero-order valence-electron chi connectivity index (χ0n) is 4.77. The first-order chi connectivity index (χ1) is 4.70. The van der Waals surface area contributed by atoms with Crippen LogP contribution in [0.1, 0.15) is 0 Å². The molecule has 7 heteroatoms. The smallest absolute Gasteiger partial charge is 0.238 e. The minimum Gasteiger partial charge on any atom is -0.548 e. The maximum Gasteiger partial charge on any atom is 0.238 e. The highest BCUT2D eigenvalue weighted by Gasteiger charge is 1.92. The first-order valence-electron chi connectivity index (χ1n) is 2.38. The molecule has 1 aromatic heterocycles. The number of aliphatic carboxylic acids is 1. The molecule has 0 spiro atoms. The second-order valence-electron chi connectivity index (χ2n) is 1.54. The van der Waals surface area contributed by atoms with Gasteiger partial charge < -0.3 is 9.90 Å². The average Bonchev–Trinajstić information content (AvgIpc) is 2.15. The topological polar surface area (TPSA) is 86.6 Å². The molecular formula is C3H3N4O2S-. The van der Waals surface area contributed by atoms with Crippen LogP contribution in [0.5, 0.6) is 0 Å². The lowest BCUT2D eigenvalue weighted by molar-refractivity contribution is -0.306. The molecule has 0 aliphatic rings. The van der Waals surface area contributed by atoms with Crippen LogP contribution in [0.4, 0.5) is 0 Å². The molecule has 1 aromatic rings. The van der Waals surface area contributed by atoms with Crippen LogP contribution in [-0.2, 0) is 11.3 Å². The molecule has 0 aliphatic heterocycles. The van der Waals surface area contributed by atoms with E-state index < -0.39 is 5.97 Å². The van der Waals surface area contributed by atoms with Crippen molar-refractivity contribution in [3.05, 3.63) is 4.77 Å². The quantitative estimate of drug-likeness (QED) is 0.508. The van der Waals surface area contributed by atoms with Crippen molar-refractivity contribution in [2.75, 3.05) is 0 Å². The zero-order valence-corrected chi connectivity index (χ0v) is 5.59. The van der Waals surface area contributed by atoms with Crippen LogP contribution in [0.25, 0.3) is 0 Å². The molecule has 0 atom stereocenters. The third-order valence-electron chi connectivity index (χ3n) is 0.819. The van der Waals surface area contributed by atoms with Gasteiger partial charge in [0.15, 0.2) is 0 Å². The molecule has 0 aromatic carbocycles. The van der Waals surface area contributed by atoms with Gasteiger partial charge in [-0.25, -0.2) is 4.68 Å². The van der Waals surface area contributed by atoms with Crippen molar-refractivity contribution in [2.45, 2.75) is 6.54 Å². The number of aromatic amines is 1. The summed E-state index contributed by atoms with van der Waals surface area (Å²) in [5.41, 5.74) is 0. The maximum atomic E-state index is 9.97. The lowest BCUT2D eigenvalue weighted by Gasteiger charge is -1.98. The van der Waals surface area contributed by atoms with Crippen LogP contribution < -0.4 is 5.11 Å². The van der Waals surface area contributed by atoms with Crippen molar-refractivity contribution in [3.8, 4) is 0 Å². The molecule has 0 unspecified atom stereocenters. The van der Waals surface area contributed by atoms with Gasteiger partial charge in [-0.15, -0.1) is 0 Å². The number of carbonyl (C=O) groups is 1. The Morgan fingerprint density at radius 1 is 1.90 bits per heavy atom. The molecule has 0 saturated heterocycles. The fourth-order valence-corrected chi connectivity index (χ4v) is 0.594. The fraction of sp³-hybridized carbons (Fsp3) is 0.333. The molecule has 0 fully saturated rings. The van der Waals surface area contributed by atoms with Crippen LogP contribution in [0.2, 0.25) is 0 Å². The van der Waals surface area contributed by atoms with Crippen LogP contribution >= 0.6 is 12.2 Å².